The summed E-state index contributed by atoms with van der Waals surface area (Å²) in [7, 11) is 0. The fourth-order valence-corrected chi connectivity index (χ4v) is 2.70. The van der Waals surface area contributed by atoms with E-state index in [2.05, 4.69) is 34.1 Å². The SMILES string of the molecule is Cc1cn(-c2ccc(N3CCCCC3)cc2)c(N)n1. The minimum absolute atomic E-state index is 0.545. The normalized spacial score (nSPS) is 15.7. The van der Waals surface area contributed by atoms with Gasteiger partial charge in [-0.25, -0.2) is 4.98 Å². The first-order valence-corrected chi connectivity index (χ1v) is 6.91. The van der Waals surface area contributed by atoms with Crippen molar-refractivity contribution in [3.8, 4) is 5.69 Å². The van der Waals surface area contributed by atoms with Gasteiger partial charge in [0.15, 0.2) is 0 Å². The molecule has 1 saturated heterocycles. The van der Waals surface area contributed by atoms with Crippen LogP contribution in [-0.4, -0.2) is 22.6 Å². The number of benzene rings is 1. The smallest absolute Gasteiger partial charge is 0.205 e. The van der Waals surface area contributed by atoms with Crippen molar-refractivity contribution in [1.29, 1.82) is 0 Å². The number of piperidine rings is 1. The van der Waals surface area contributed by atoms with Crippen LogP contribution >= 0.6 is 0 Å². The second-order valence-corrected chi connectivity index (χ2v) is 5.17. The Bertz CT molecular complexity index is 550. The fourth-order valence-electron chi connectivity index (χ4n) is 2.70. The second kappa shape index (κ2) is 4.96. The van der Waals surface area contributed by atoms with Crippen LogP contribution in [0.5, 0.6) is 0 Å². The van der Waals surface area contributed by atoms with Crippen molar-refractivity contribution in [2.45, 2.75) is 26.2 Å². The third-order valence-electron chi connectivity index (χ3n) is 3.70. The summed E-state index contributed by atoms with van der Waals surface area (Å²) >= 11 is 0. The fraction of sp³-hybridized carbons (Fsp3) is 0.400. The molecule has 2 N–H and O–H groups in total. The molecular weight excluding hydrogens is 236 g/mol. The Hall–Kier alpha value is -1.97. The number of aromatic nitrogens is 2. The van der Waals surface area contributed by atoms with Gasteiger partial charge in [-0.2, -0.15) is 0 Å². The van der Waals surface area contributed by atoms with Crippen molar-refractivity contribution in [1.82, 2.24) is 9.55 Å². The predicted molar refractivity (Wildman–Crippen MR) is 78.8 cm³/mol. The number of aryl methyl sites for hydroxylation is 1. The lowest BCUT2D eigenvalue weighted by atomic mass is 10.1. The summed E-state index contributed by atoms with van der Waals surface area (Å²) < 4.78 is 1.93. The van der Waals surface area contributed by atoms with Crippen LogP contribution in [0.25, 0.3) is 5.69 Å². The van der Waals surface area contributed by atoms with Gasteiger partial charge in [0.2, 0.25) is 5.95 Å². The first kappa shape index (κ1) is 12.1. The molecule has 3 rings (SSSR count). The lowest BCUT2D eigenvalue weighted by Crippen LogP contribution is -2.29. The van der Waals surface area contributed by atoms with Gasteiger partial charge in [-0.05, 0) is 50.5 Å². The Morgan fingerprint density at radius 3 is 2.21 bits per heavy atom. The summed E-state index contributed by atoms with van der Waals surface area (Å²) in [5, 5.41) is 0. The second-order valence-electron chi connectivity index (χ2n) is 5.17. The van der Waals surface area contributed by atoms with Gasteiger partial charge in [0, 0.05) is 30.7 Å². The molecule has 1 fully saturated rings. The maximum absolute atomic E-state index is 5.90. The zero-order valence-corrected chi connectivity index (χ0v) is 11.3. The number of imidazole rings is 1. The highest BCUT2D eigenvalue weighted by molar-refractivity contribution is 5.52. The van der Waals surface area contributed by atoms with Gasteiger partial charge in [-0.15, -0.1) is 0 Å². The van der Waals surface area contributed by atoms with Crippen molar-refractivity contribution in [3.63, 3.8) is 0 Å². The van der Waals surface area contributed by atoms with E-state index in [4.69, 9.17) is 5.73 Å². The molecule has 1 aliphatic rings. The van der Waals surface area contributed by atoms with Crippen molar-refractivity contribution in [3.05, 3.63) is 36.2 Å². The molecule has 1 aliphatic heterocycles. The highest BCUT2D eigenvalue weighted by Crippen LogP contribution is 2.22. The molecule has 4 nitrogen and oxygen atoms in total. The van der Waals surface area contributed by atoms with Gasteiger partial charge < -0.3 is 10.6 Å². The number of hydrogen-bond acceptors (Lipinski definition) is 3. The molecule has 0 bridgehead atoms. The van der Waals surface area contributed by atoms with Crippen molar-refractivity contribution in [2.24, 2.45) is 0 Å². The third kappa shape index (κ3) is 2.43. The Labute approximate surface area is 113 Å². The summed E-state index contributed by atoms with van der Waals surface area (Å²) in [4.78, 5) is 6.68. The molecule has 1 aromatic carbocycles. The monoisotopic (exact) mass is 256 g/mol. The predicted octanol–water partition coefficient (Wildman–Crippen LogP) is 2.75. The van der Waals surface area contributed by atoms with Gasteiger partial charge in [-0.3, -0.25) is 4.57 Å². The molecular formula is C15H20N4. The lowest BCUT2D eigenvalue weighted by molar-refractivity contribution is 0.578. The van der Waals surface area contributed by atoms with Crippen molar-refractivity contribution in [2.75, 3.05) is 23.7 Å². The lowest BCUT2D eigenvalue weighted by Gasteiger charge is -2.28. The van der Waals surface area contributed by atoms with Crippen molar-refractivity contribution >= 4 is 11.6 Å². The number of anilines is 2. The minimum atomic E-state index is 0.545. The molecule has 0 aliphatic carbocycles. The van der Waals surface area contributed by atoms with E-state index in [1.807, 2.05) is 17.7 Å². The summed E-state index contributed by atoms with van der Waals surface area (Å²) in [5.41, 5.74) is 9.21. The number of rotatable bonds is 2. The van der Waals surface area contributed by atoms with E-state index in [0.717, 1.165) is 11.4 Å². The van der Waals surface area contributed by atoms with Gasteiger partial charge in [-0.1, -0.05) is 0 Å². The molecule has 0 saturated carbocycles. The third-order valence-corrected chi connectivity index (χ3v) is 3.70. The van der Waals surface area contributed by atoms with E-state index in [9.17, 15) is 0 Å². The van der Waals surface area contributed by atoms with Crippen LogP contribution < -0.4 is 10.6 Å². The van der Waals surface area contributed by atoms with Gasteiger partial charge >= 0.3 is 0 Å². The van der Waals surface area contributed by atoms with Gasteiger partial charge in [0.1, 0.15) is 0 Å². The molecule has 19 heavy (non-hydrogen) atoms. The van der Waals surface area contributed by atoms with Gasteiger partial charge in [0.05, 0.1) is 5.69 Å². The molecule has 100 valence electrons. The zero-order valence-electron chi connectivity index (χ0n) is 11.3. The maximum atomic E-state index is 5.90. The maximum Gasteiger partial charge on any atom is 0.205 e. The van der Waals surface area contributed by atoms with Crippen LogP contribution in [0, 0.1) is 6.92 Å². The molecule has 4 heteroatoms. The Morgan fingerprint density at radius 2 is 1.63 bits per heavy atom. The van der Waals surface area contributed by atoms with E-state index in [1.165, 1.54) is 38.0 Å². The Kier molecular flexibility index (Phi) is 3.15. The van der Waals surface area contributed by atoms with E-state index in [-0.39, 0.29) is 0 Å². The average Bonchev–Trinajstić information content (AvgIpc) is 2.79. The van der Waals surface area contributed by atoms with Crippen LogP contribution in [-0.2, 0) is 0 Å². The molecule has 0 atom stereocenters. The summed E-state index contributed by atoms with van der Waals surface area (Å²) in [6, 6.07) is 8.58. The number of hydrogen-bond donors (Lipinski definition) is 1. The van der Waals surface area contributed by atoms with E-state index < -0.39 is 0 Å². The first-order valence-electron chi connectivity index (χ1n) is 6.91. The molecule has 1 aromatic heterocycles. The first-order chi connectivity index (χ1) is 9.24. The average molecular weight is 256 g/mol. The highest BCUT2D eigenvalue weighted by Gasteiger charge is 2.11. The standard InChI is InChI=1S/C15H20N4/c1-12-11-19(15(16)17-12)14-7-5-13(6-8-14)18-9-3-2-4-10-18/h5-8,11H,2-4,9-10H2,1H3,(H2,16,17). The summed E-state index contributed by atoms with van der Waals surface area (Å²) in [6.07, 6.45) is 5.93. The summed E-state index contributed by atoms with van der Waals surface area (Å²) in [5.74, 6) is 0.545. The topological polar surface area (TPSA) is 47.1 Å². The molecule has 0 amide bonds. The molecule has 2 aromatic rings. The van der Waals surface area contributed by atoms with E-state index in [0.29, 0.717) is 5.95 Å². The van der Waals surface area contributed by atoms with Crippen LogP contribution in [0.2, 0.25) is 0 Å². The van der Waals surface area contributed by atoms with E-state index in [1.54, 1.807) is 0 Å². The Balaban J connectivity index is 1.84. The largest absolute Gasteiger partial charge is 0.372 e. The van der Waals surface area contributed by atoms with Gasteiger partial charge in [0.25, 0.3) is 0 Å². The van der Waals surface area contributed by atoms with Crippen LogP contribution in [0.3, 0.4) is 0 Å². The summed E-state index contributed by atoms with van der Waals surface area (Å²) in [6.45, 7) is 4.30. The number of nitrogens with two attached hydrogens (primary N) is 1. The van der Waals surface area contributed by atoms with Crippen molar-refractivity contribution < 1.29 is 0 Å². The molecule has 0 radical (unpaired) electrons. The Morgan fingerprint density at radius 1 is 1.00 bits per heavy atom. The molecule has 0 spiro atoms. The number of nitrogen functional groups attached to an aromatic ring is 1. The van der Waals surface area contributed by atoms with E-state index >= 15 is 0 Å². The molecule has 0 unspecified atom stereocenters. The quantitative estimate of drug-likeness (QED) is 0.898. The van der Waals surface area contributed by atoms with Crippen LogP contribution in [0.15, 0.2) is 30.5 Å². The van der Waals surface area contributed by atoms with Crippen LogP contribution in [0.1, 0.15) is 25.0 Å². The number of nitrogens with zero attached hydrogens (tertiary/aromatic N) is 3. The highest BCUT2D eigenvalue weighted by atomic mass is 15.2. The van der Waals surface area contributed by atoms with Crippen LogP contribution in [0.4, 0.5) is 11.6 Å². The zero-order chi connectivity index (χ0) is 13.2. The minimum Gasteiger partial charge on any atom is -0.372 e. The molecule has 2 heterocycles.